The van der Waals surface area contributed by atoms with Gasteiger partial charge in [-0.2, -0.15) is 0 Å². The van der Waals surface area contributed by atoms with E-state index in [0.717, 1.165) is 0 Å². The predicted octanol–water partition coefficient (Wildman–Crippen LogP) is -1.03. The first-order valence-corrected chi connectivity index (χ1v) is 3.06. The van der Waals surface area contributed by atoms with Gasteiger partial charge >= 0.3 is 6.03 Å². The molecule has 0 heterocycles. The van der Waals surface area contributed by atoms with Crippen molar-refractivity contribution < 1.29 is 9.59 Å². The molecule has 0 spiro atoms. The highest BCUT2D eigenvalue weighted by Crippen LogP contribution is 1.70. The lowest BCUT2D eigenvalue weighted by atomic mass is 10.7. The quantitative estimate of drug-likeness (QED) is 0.369. The first kappa shape index (κ1) is 9.03. The Kier molecular flexibility index (Phi) is 4.39. The van der Waals surface area contributed by atoms with E-state index in [1.165, 1.54) is 0 Å². The number of amides is 3. The molecule has 0 bridgehead atoms. The minimum atomic E-state index is -0.685. The molecule has 58 valence electrons. The smallest absolute Gasteiger partial charge is 0.313 e. The van der Waals surface area contributed by atoms with Crippen LogP contribution in [-0.4, -0.2) is 24.5 Å². The van der Waals surface area contributed by atoms with Gasteiger partial charge in [0.25, 0.3) is 0 Å². The maximum Gasteiger partial charge on any atom is 0.313 e. The lowest BCUT2D eigenvalue weighted by Crippen LogP contribution is -2.40. The van der Waals surface area contributed by atoms with Gasteiger partial charge in [-0.1, -0.05) is 0 Å². The molecule has 0 atom stereocenters. The van der Waals surface area contributed by atoms with Crippen LogP contribution in [0.1, 0.15) is 0 Å². The van der Waals surface area contributed by atoms with E-state index in [1.807, 2.05) is 0 Å². The molecule has 0 rings (SSSR count). The van der Waals surface area contributed by atoms with Crippen LogP contribution in [0, 0.1) is 0 Å². The van der Waals surface area contributed by atoms with E-state index in [-0.39, 0.29) is 18.5 Å². The second kappa shape index (κ2) is 4.87. The van der Waals surface area contributed by atoms with Crippen molar-refractivity contribution in [1.29, 1.82) is 0 Å². The number of alkyl halides is 1. The van der Waals surface area contributed by atoms with Crippen LogP contribution in [0.25, 0.3) is 0 Å². The Labute approximate surface area is 62.9 Å². The highest BCUT2D eigenvalue weighted by molar-refractivity contribution is 6.27. The highest BCUT2D eigenvalue weighted by atomic mass is 35.5. The van der Waals surface area contributed by atoms with Crippen LogP contribution < -0.4 is 16.4 Å². The average molecular weight is 166 g/mol. The SMILES string of the molecule is NC(=O)NCNC(=O)CCl. The summed E-state index contributed by atoms with van der Waals surface area (Å²) in [6.07, 6.45) is 0. The monoisotopic (exact) mass is 165 g/mol. The molecule has 0 aliphatic carbocycles. The molecule has 0 aliphatic rings. The second-order valence-corrected chi connectivity index (χ2v) is 1.72. The van der Waals surface area contributed by atoms with Crippen molar-refractivity contribution in [2.24, 2.45) is 5.73 Å². The Balaban J connectivity index is 3.20. The van der Waals surface area contributed by atoms with Crippen molar-refractivity contribution in [3.63, 3.8) is 0 Å². The molecule has 0 saturated heterocycles. The molecule has 0 fully saturated rings. The maximum absolute atomic E-state index is 10.4. The zero-order valence-corrected chi connectivity index (χ0v) is 5.94. The first-order chi connectivity index (χ1) is 4.66. The summed E-state index contributed by atoms with van der Waals surface area (Å²) in [5.74, 6) is -0.476. The molecular weight excluding hydrogens is 158 g/mol. The van der Waals surface area contributed by atoms with Gasteiger partial charge in [-0.15, -0.1) is 11.6 Å². The molecule has 3 amide bonds. The maximum atomic E-state index is 10.4. The van der Waals surface area contributed by atoms with Crippen molar-refractivity contribution in [2.75, 3.05) is 12.5 Å². The van der Waals surface area contributed by atoms with Gasteiger partial charge in [0.05, 0.1) is 6.67 Å². The molecule has 0 aromatic carbocycles. The van der Waals surface area contributed by atoms with Crippen molar-refractivity contribution in [3.05, 3.63) is 0 Å². The molecular formula is C4H8ClN3O2. The predicted molar refractivity (Wildman–Crippen MR) is 36.4 cm³/mol. The summed E-state index contributed by atoms with van der Waals surface area (Å²) < 4.78 is 0. The number of hydrogen-bond donors (Lipinski definition) is 3. The van der Waals surface area contributed by atoms with Gasteiger partial charge in [0.15, 0.2) is 0 Å². The van der Waals surface area contributed by atoms with Crippen LogP contribution >= 0.6 is 11.6 Å². The zero-order valence-electron chi connectivity index (χ0n) is 5.19. The largest absolute Gasteiger partial charge is 0.352 e. The Morgan fingerprint density at radius 3 is 2.40 bits per heavy atom. The standard InChI is InChI=1S/C4H8ClN3O2/c5-1-3(9)7-2-8-4(6)10/h1-2H2,(H,7,9)(H3,6,8,10). The van der Waals surface area contributed by atoms with Crippen LogP contribution in [0.4, 0.5) is 4.79 Å². The molecule has 5 nitrogen and oxygen atoms in total. The normalized spacial score (nSPS) is 8.50. The second-order valence-electron chi connectivity index (χ2n) is 1.45. The van der Waals surface area contributed by atoms with Crippen LogP contribution in [-0.2, 0) is 4.79 Å². The van der Waals surface area contributed by atoms with Gasteiger partial charge in [-0.3, -0.25) is 4.79 Å². The van der Waals surface area contributed by atoms with Gasteiger partial charge in [0.1, 0.15) is 5.88 Å². The van der Waals surface area contributed by atoms with Gasteiger partial charge in [-0.05, 0) is 0 Å². The number of primary amides is 1. The van der Waals surface area contributed by atoms with Gasteiger partial charge in [-0.25, -0.2) is 4.79 Å². The molecule has 10 heavy (non-hydrogen) atoms. The minimum Gasteiger partial charge on any atom is -0.352 e. The summed E-state index contributed by atoms with van der Waals surface area (Å²) in [5.41, 5.74) is 4.69. The number of urea groups is 1. The zero-order chi connectivity index (χ0) is 7.98. The number of hydrogen-bond acceptors (Lipinski definition) is 2. The third kappa shape index (κ3) is 5.17. The van der Waals surface area contributed by atoms with Crippen LogP contribution in [0.5, 0.6) is 0 Å². The summed E-state index contributed by atoms with van der Waals surface area (Å²) in [6, 6.07) is -0.685. The van der Waals surface area contributed by atoms with Crippen molar-refractivity contribution in [3.8, 4) is 0 Å². The molecule has 0 aromatic rings. The lowest BCUT2D eigenvalue weighted by molar-refractivity contribution is -0.118. The molecule has 0 unspecified atom stereocenters. The Bertz CT molecular complexity index is 138. The van der Waals surface area contributed by atoms with E-state index < -0.39 is 6.03 Å². The molecule has 4 N–H and O–H groups in total. The summed E-state index contributed by atoms with van der Waals surface area (Å²) >= 11 is 5.11. The third-order valence-corrected chi connectivity index (χ3v) is 0.912. The highest BCUT2D eigenvalue weighted by Gasteiger charge is 1.95. The summed E-state index contributed by atoms with van der Waals surface area (Å²) in [5, 5.41) is 4.44. The van der Waals surface area contributed by atoms with E-state index in [1.54, 1.807) is 0 Å². The van der Waals surface area contributed by atoms with Gasteiger partial charge in [0.2, 0.25) is 5.91 Å². The van der Waals surface area contributed by atoms with E-state index in [2.05, 4.69) is 16.4 Å². The van der Waals surface area contributed by atoms with Crippen LogP contribution in [0.2, 0.25) is 0 Å². The number of nitrogens with one attached hydrogen (secondary N) is 2. The fraction of sp³-hybridized carbons (Fsp3) is 0.500. The first-order valence-electron chi connectivity index (χ1n) is 2.52. The molecule has 0 saturated carbocycles. The number of halogens is 1. The Hall–Kier alpha value is -0.970. The molecule has 6 heteroatoms. The third-order valence-electron chi connectivity index (χ3n) is 0.670. The van der Waals surface area contributed by atoms with Gasteiger partial charge in [0, 0.05) is 0 Å². The topological polar surface area (TPSA) is 84.2 Å². The lowest BCUT2D eigenvalue weighted by Gasteiger charge is -2.01. The van der Waals surface area contributed by atoms with Crippen LogP contribution in [0.3, 0.4) is 0 Å². The van der Waals surface area contributed by atoms with E-state index in [0.29, 0.717) is 0 Å². The summed E-state index contributed by atoms with van der Waals surface area (Å²) in [4.78, 5) is 20.4. The number of rotatable bonds is 3. The van der Waals surface area contributed by atoms with E-state index in [4.69, 9.17) is 11.6 Å². The fourth-order valence-electron chi connectivity index (χ4n) is 0.277. The van der Waals surface area contributed by atoms with Crippen molar-refractivity contribution >= 4 is 23.5 Å². The molecule has 0 aliphatic heterocycles. The van der Waals surface area contributed by atoms with Crippen LogP contribution in [0.15, 0.2) is 0 Å². The Morgan fingerprint density at radius 2 is 2.00 bits per heavy atom. The molecule has 0 aromatic heterocycles. The summed E-state index contributed by atoms with van der Waals surface area (Å²) in [7, 11) is 0. The van der Waals surface area contributed by atoms with E-state index >= 15 is 0 Å². The van der Waals surface area contributed by atoms with Crippen molar-refractivity contribution in [1.82, 2.24) is 10.6 Å². The fourth-order valence-corrected chi connectivity index (χ4v) is 0.372. The average Bonchev–Trinajstić information content (AvgIpc) is 1.87. The summed E-state index contributed by atoms with van der Waals surface area (Å²) in [6.45, 7) is 0.0148. The molecule has 0 radical (unpaired) electrons. The number of carbonyl (C=O) groups is 2. The number of carbonyl (C=O) groups excluding carboxylic acids is 2. The van der Waals surface area contributed by atoms with E-state index in [9.17, 15) is 9.59 Å². The number of nitrogens with two attached hydrogens (primary N) is 1. The minimum absolute atomic E-state index is 0.0148. The van der Waals surface area contributed by atoms with Gasteiger partial charge < -0.3 is 16.4 Å². The Morgan fingerprint density at radius 1 is 1.40 bits per heavy atom. The van der Waals surface area contributed by atoms with Crippen molar-refractivity contribution in [2.45, 2.75) is 0 Å².